The van der Waals surface area contributed by atoms with Gasteiger partial charge < -0.3 is 10.1 Å². The van der Waals surface area contributed by atoms with Gasteiger partial charge in [0.05, 0.1) is 12.0 Å². The van der Waals surface area contributed by atoms with E-state index in [1.807, 2.05) is 26.0 Å². The zero-order valence-corrected chi connectivity index (χ0v) is 13.5. The fourth-order valence-electron chi connectivity index (χ4n) is 1.92. The van der Waals surface area contributed by atoms with Crippen LogP contribution < -0.4 is 10.1 Å². The molecule has 0 aliphatic carbocycles. The van der Waals surface area contributed by atoms with E-state index in [4.69, 9.17) is 4.74 Å². The van der Waals surface area contributed by atoms with Crippen LogP contribution >= 0.6 is 0 Å². The number of nitrogens with zero attached hydrogens (tertiary/aromatic N) is 1. The van der Waals surface area contributed by atoms with Gasteiger partial charge in [0.2, 0.25) is 6.29 Å². The van der Waals surface area contributed by atoms with Crippen LogP contribution in [0.3, 0.4) is 0 Å². The van der Waals surface area contributed by atoms with E-state index >= 15 is 0 Å². The molecule has 7 heteroatoms. The molecule has 6 nitrogen and oxygen atoms in total. The lowest BCUT2D eigenvalue weighted by Gasteiger charge is -2.19. The summed E-state index contributed by atoms with van der Waals surface area (Å²) in [6, 6.07) is 3.67. The number of ether oxygens (including phenoxy) is 1. The highest BCUT2D eigenvalue weighted by Gasteiger charge is 2.16. The predicted molar refractivity (Wildman–Crippen MR) is 80.6 cm³/mol. The van der Waals surface area contributed by atoms with E-state index < -0.39 is 16.9 Å². The molecule has 1 N–H and O–H groups in total. The summed E-state index contributed by atoms with van der Waals surface area (Å²) in [5, 5.41) is 2.41. The first kappa shape index (κ1) is 17.3. The summed E-state index contributed by atoms with van der Waals surface area (Å²) < 4.78 is 19.3. The second-order valence-corrected chi connectivity index (χ2v) is 6.13. The van der Waals surface area contributed by atoms with Gasteiger partial charge in [0.25, 0.3) is 5.91 Å². The highest BCUT2D eigenvalue weighted by molar-refractivity contribution is 7.82. The molecule has 1 rings (SSSR count). The summed E-state index contributed by atoms with van der Waals surface area (Å²) in [4.78, 5) is 21.7. The zero-order valence-electron chi connectivity index (χ0n) is 12.6. The van der Waals surface area contributed by atoms with Crippen LogP contribution in [0.25, 0.3) is 0 Å². The number of benzene rings is 1. The van der Waals surface area contributed by atoms with E-state index in [1.165, 1.54) is 0 Å². The number of amides is 1. The van der Waals surface area contributed by atoms with Crippen molar-refractivity contribution in [2.75, 3.05) is 27.2 Å². The van der Waals surface area contributed by atoms with Crippen molar-refractivity contribution in [3.63, 3.8) is 0 Å². The Balaban J connectivity index is 2.79. The Morgan fingerprint density at radius 3 is 2.43 bits per heavy atom. The maximum absolute atomic E-state index is 12.5. The summed E-state index contributed by atoms with van der Waals surface area (Å²) in [7, 11) is 1.95. The molecule has 0 radical (unpaired) electrons. The van der Waals surface area contributed by atoms with Crippen molar-refractivity contribution in [1.82, 2.24) is 9.62 Å². The number of hydrogen-bond donors (Lipinski definition) is 1. The van der Waals surface area contributed by atoms with Crippen molar-refractivity contribution in [1.29, 1.82) is 0 Å². The van der Waals surface area contributed by atoms with Gasteiger partial charge in [0, 0.05) is 20.1 Å². The summed E-state index contributed by atoms with van der Waals surface area (Å²) >= 11 is 0. The molecule has 0 aliphatic rings. The largest absolute Gasteiger partial charge is 0.497 e. The van der Waals surface area contributed by atoms with Crippen molar-refractivity contribution in [3.8, 4) is 5.75 Å². The lowest BCUT2D eigenvalue weighted by molar-refractivity contribution is -0.131. The van der Waals surface area contributed by atoms with Crippen molar-refractivity contribution in [3.05, 3.63) is 23.3 Å². The summed E-state index contributed by atoms with van der Waals surface area (Å²) in [5.74, 6) is 0.0534. The van der Waals surface area contributed by atoms with Crippen LogP contribution in [0.5, 0.6) is 5.75 Å². The first-order valence-corrected chi connectivity index (χ1v) is 7.52. The van der Waals surface area contributed by atoms with E-state index in [1.54, 1.807) is 18.5 Å². The number of nitrogens with one attached hydrogen (secondary N) is 1. The lowest BCUT2D eigenvalue weighted by atomic mass is 10.1. The Labute approximate surface area is 127 Å². The minimum Gasteiger partial charge on any atom is -0.497 e. The maximum atomic E-state index is 12.5. The molecule has 1 aromatic carbocycles. The second-order valence-electron chi connectivity index (χ2n) is 4.60. The number of carbonyl (C=O) groups excluding carboxylic acids is 2. The molecule has 1 atom stereocenters. The highest BCUT2D eigenvalue weighted by atomic mass is 32.2. The van der Waals surface area contributed by atoms with E-state index in [0.717, 1.165) is 21.8 Å². The van der Waals surface area contributed by atoms with Gasteiger partial charge in [-0.25, -0.2) is 8.51 Å². The van der Waals surface area contributed by atoms with Crippen LogP contribution in [0.2, 0.25) is 0 Å². The fraction of sp³-hybridized carbons (Fsp3) is 0.429. The number of rotatable bonds is 7. The lowest BCUT2D eigenvalue weighted by Crippen LogP contribution is -2.34. The van der Waals surface area contributed by atoms with Crippen molar-refractivity contribution in [2.24, 2.45) is 0 Å². The van der Waals surface area contributed by atoms with Crippen molar-refractivity contribution >= 4 is 23.2 Å². The molecule has 1 amide bonds. The van der Waals surface area contributed by atoms with E-state index in [9.17, 15) is 13.8 Å². The van der Waals surface area contributed by atoms with Gasteiger partial charge in [-0.05, 0) is 37.1 Å². The van der Waals surface area contributed by atoms with Gasteiger partial charge >= 0.3 is 0 Å². The molecule has 0 saturated carbocycles. The normalized spacial score (nSPS) is 12.0. The van der Waals surface area contributed by atoms with Gasteiger partial charge in [0.15, 0.2) is 0 Å². The topological polar surface area (TPSA) is 75.7 Å². The number of aldehydes is 1. The quantitative estimate of drug-likeness (QED) is 0.590. The molecular weight excluding hydrogens is 292 g/mol. The van der Waals surface area contributed by atoms with Gasteiger partial charge in [-0.15, -0.1) is 0 Å². The summed E-state index contributed by atoms with van der Waals surface area (Å²) in [5.41, 5.74) is 1.77. The average Bonchev–Trinajstić information content (AvgIpc) is 2.45. The monoisotopic (exact) mass is 312 g/mol. The maximum Gasteiger partial charge on any atom is 0.284 e. The fourth-order valence-corrected chi connectivity index (χ4v) is 3.16. The Hall–Kier alpha value is -1.73. The summed E-state index contributed by atoms with van der Waals surface area (Å²) in [6.45, 7) is 4.39. The Morgan fingerprint density at radius 1 is 1.38 bits per heavy atom. The molecule has 0 saturated heterocycles. The minimum absolute atomic E-state index is 0.217. The van der Waals surface area contributed by atoms with E-state index in [2.05, 4.69) is 5.32 Å². The Bertz CT molecular complexity index is 537. The third-order valence-electron chi connectivity index (χ3n) is 2.96. The standard InChI is InChI=1S/C14H20N2O4S/c1-10-7-12(20-4)8-11(2)14(10)21(19)16(3)6-5-15-13(18)9-17/h7-9H,5-6H2,1-4H3,(H,15,18). The molecule has 1 unspecified atom stereocenters. The van der Waals surface area contributed by atoms with Gasteiger partial charge in [-0.3, -0.25) is 9.59 Å². The smallest absolute Gasteiger partial charge is 0.284 e. The van der Waals surface area contributed by atoms with Crippen molar-refractivity contribution in [2.45, 2.75) is 18.7 Å². The molecule has 0 fully saturated rings. The van der Waals surface area contributed by atoms with Crippen molar-refractivity contribution < 1.29 is 18.5 Å². The molecule has 1 aromatic rings. The van der Waals surface area contributed by atoms with E-state index in [0.29, 0.717) is 6.54 Å². The predicted octanol–water partition coefficient (Wildman–Crippen LogP) is 0.582. The zero-order chi connectivity index (χ0) is 16.0. The average molecular weight is 312 g/mol. The molecule has 21 heavy (non-hydrogen) atoms. The molecule has 116 valence electrons. The number of likely N-dealkylation sites (N-methyl/N-ethyl adjacent to an activating group) is 1. The second kappa shape index (κ2) is 7.90. The molecular formula is C14H20N2O4S. The SMILES string of the molecule is COc1cc(C)c(S(=O)N(C)CCNC(=O)C=O)c(C)c1. The third-order valence-corrected chi connectivity index (χ3v) is 4.70. The summed E-state index contributed by atoms with van der Waals surface area (Å²) in [6.07, 6.45) is 0.217. The molecule has 0 spiro atoms. The van der Waals surface area contributed by atoms with Gasteiger partial charge in [-0.2, -0.15) is 0 Å². The van der Waals surface area contributed by atoms with Crippen LogP contribution in [-0.2, 0) is 20.6 Å². The van der Waals surface area contributed by atoms with Gasteiger partial charge in [0.1, 0.15) is 16.7 Å². The molecule has 0 bridgehead atoms. The van der Waals surface area contributed by atoms with Crippen LogP contribution in [0.4, 0.5) is 0 Å². The highest BCUT2D eigenvalue weighted by Crippen LogP contribution is 2.25. The Kier molecular flexibility index (Phi) is 6.51. The third kappa shape index (κ3) is 4.64. The Morgan fingerprint density at radius 2 is 1.95 bits per heavy atom. The van der Waals surface area contributed by atoms with Crippen LogP contribution in [0.15, 0.2) is 17.0 Å². The first-order valence-electron chi connectivity index (χ1n) is 6.42. The van der Waals surface area contributed by atoms with Crippen LogP contribution in [0, 0.1) is 13.8 Å². The first-order chi connectivity index (χ1) is 9.90. The molecule has 0 aliphatic heterocycles. The van der Waals surface area contributed by atoms with Gasteiger partial charge in [-0.1, -0.05) is 0 Å². The molecule has 0 heterocycles. The van der Waals surface area contributed by atoms with Crippen LogP contribution in [0.1, 0.15) is 11.1 Å². The number of hydrogen-bond acceptors (Lipinski definition) is 4. The molecule has 0 aromatic heterocycles. The number of methoxy groups -OCH3 is 1. The number of aryl methyl sites for hydroxylation is 2. The van der Waals surface area contributed by atoms with E-state index in [-0.39, 0.29) is 12.8 Å². The number of carbonyl (C=O) groups is 2. The van der Waals surface area contributed by atoms with Crippen LogP contribution in [-0.4, -0.2) is 48.0 Å². The minimum atomic E-state index is -1.34.